The highest BCUT2D eigenvalue weighted by Crippen LogP contribution is 2.23. The first kappa shape index (κ1) is 19.1. The third kappa shape index (κ3) is 5.99. The highest BCUT2D eigenvalue weighted by molar-refractivity contribution is 7.89. The second kappa shape index (κ2) is 8.78. The molecule has 1 atom stereocenters. The van der Waals surface area contributed by atoms with Crippen molar-refractivity contribution in [2.24, 2.45) is 0 Å². The van der Waals surface area contributed by atoms with Crippen molar-refractivity contribution in [3.05, 3.63) is 65.7 Å². The van der Waals surface area contributed by atoms with Gasteiger partial charge >= 0.3 is 5.97 Å². The molecule has 0 aromatic heterocycles. The van der Waals surface area contributed by atoms with E-state index in [-0.39, 0.29) is 17.4 Å². The summed E-state index contributed by atoms with van der Waals surface area (Å²) in [6, 6.07) is 15.7. The molecule has 0 amide bonds. The van der Waals surface area contributed by atoms with E-state index in [0.29, 0.717) is 19.3 Å². The maximum Gasteiger partial charge on any atom is 0.303 e. The van der Waals surface area contributed by atoms with E-state index in [1.807, 2.05) is 37.3 Å². The van der Waals surface area contributed by atoms with Crippen LogP contribution in [0.3, 0.4) is 0 Å². The fraction of sp³-hybridized carbons (Fsp3) is 0.316. The summed E-state index contributed by atoms with van der Waals surface area (Å²) in [5, 5.41) is 8.74. The van der Waals surface area contributed by atoms with Gasteiger partial charge in [0.2, 0.25) is 10.0 Å². The first-order valence-electron chi connectivity index (χ1n) is 8.24. The second-order valence-electron chi connectivity index (χ2n) is 6.04. The monoisotopic (exact) mass is 361 g/mol. The Hall–Kier alpha value is -2.18. The molecule has 0 fully saturated rings. The van der Waals surface area contributed by atoms with Gasteiger partial charge in [-0.2, -0.15) is 0 Å². The largest absolute Gasteiger partial charge is 0.481 e. The third-order valence-electron chi connectivity index (χ3n) is 3.96. The van der Waals surface area contributed by atoms with E-state index in [9.17, 15) is 13.2 Å². The van der Waals surface area contributed by atoms with Gasteiger partial charge in [0, 0.05) is 12.5 Å². The van der Waals surface area contributed by atoms with Crippen molar-refractivity contribution in [3.63, 3.8) is 0 Å². The fourth-order valence-electron chi connectivity index (χ4n) is 2.58. The van der Waals surface area contributed by atoms with Crippen molar-refractivity contribution in [2.75, 3.05) is 0 Å². The molecule has 5 nitrogen and oxygen atoms in total. The Kier molecular flexibility index (Phi) is 6.73. The van der Waals surface area contributed by atoms with Gasteiger partial charge in [-0.3, -0.25) is 4.79 Å². The topological polar surface area (TPSA) is 83.5 Å². The first-order valence-corrected chi connectivity index (χ1v) is 9.72. The fourth-order valence-corrected chi connectivity index (χ4v) is 3.84. The first-order chi connectivity index (χ1) is 11.9. The summed E-state index contributed by atoms with van der Waals surface area (Å²) in [5.74, 6) is -0.837. The summed E-state index contributed by atoms with van der Waals surface area (Å²) in [4.78, 5) is 10.9. The normalized spacial score (nSPS) is 12.7. The standard InChI is InChI=1S/C19H23NO4S/c1-15-11-13-17(14-12-15)25(23,24)20-18(9-5-6-10-19(21)22)16-7-3-2-4-8-16/h2-4,7-8,11-14,18,20H,5-6,9-10H2,1H3,(H,21,22). The summed E-state index contributed by atoms with van der Waals surface area (Å²) < 4.78 is 28.1. The van der Waals surface area contributed by atoms with Gasteiger partial charge in [-0.25, -0.2) is 13.1 Å². The molecule has 2 aromatic rings. The van der Waals surface area contributed by atoms with Crippen LogP contribution in [0.2, 0.25) is 0 Å². The zero-order valence-corrected chi connectivity index (χ0v) is 15.0. The number of sulfonamides is 1. The van der Waals surface area contributed by atoms with Crippen molar-refractivity contribution < 1.29 is 18.3 Å². The maximum absolute atomic E-state index is 12.7. The average Bonchev–Trinajstić information content (AvgIpc) is 2.58. The zero-order valence-electron chi connectivity index (χ0n) is 14.2. The Morgan fingerprint density at radius 1 is 1.04 bits per heavy atom. The Morgan fingerprint density at radius 3 is 2.28 bits per heavy atom. The minimum absolute atomic E-state index is 0.0895. The van der Waals surface area contributed by atoms with Crippen LogP contribution in [0.15, 0.2) is 59.5 Å². The van der Waals surface area contributed by atoms with Crippen molar-refractivity contribution >= 4 is 16.0 Å². The van der Waals surface area contributed by atoms with Gasteiger partial charge in [-0.1, -0.05) is 54.4 Å². The Balaban J connectivity index is 2.14. The molecule has 0 aliphatic heterocycles. The van der Waals surface area contributed by atoms with Crippen LogP contribution in [-0.2, 0) is 14.8 Å². The summed E-state index contributed by atoms with van der Waals surface area (Å²) >= 11 is 0. The molecule has 2 N–H and O–H groups in total. The van der Waals surface area contributed by atoms with Crippen LogP contribution in [0.5, 0.6) is 0 Å². The lowest BCUT2D eigenvalue weighted by molar-refractivity contribution is -0.137. The average molecular weight is 361 g/mol. The van der Waals surface area contributed by atoms with Crippen LogP contribution in [0.4, 0.5) is 0 Å². The molecule has 1 unspecified atom stereocenters. The molecular formula is C19H23NO4S. The second-order valence-corrected chi connectivity index (χ2v) is 7.75. The summed E-state index contributed by atoms with van der Waals surface area (Å²) in [6.45, 7) is 1.90. The molecule has 0 saturated heterocycles. The predicted molar refractivity (Wildman–Crippen MR) is 96.8 cm³/mol. The number of benzene rings is 2. The minimum Gasteiger partial charge on any atom is -0.481 e. The van der Waals surface area contributed by atoms with Crippen LogP contribution >= 0.6 is 0 Å². The molecule has 2 aromatic carbocycles. The van der Waals surface area contributed by atoms with E-state index in [1.165, 1.54) is 0 Å². The maximum atomic E-state index is 12.7. The molecule has 0 heterocycles. The Morgan fingerprint density at radius 2 is 1.68 bits per heavy atom. The molecule has 25 heavy (non-hydrogen) atoms. The van der Waals surface area contributed by atoms with Gasteiger partial charge in [0.1, 0.15) is 0 Å². The van der Waals surface area contributed by atoms with Crippen molar-refractivity contribution in [3.8, 4) is 0 Å². The van der Waals surface area contributed by atoms with E-state index in [1.54, 1.807) is 24.3 Å². The van der Waals surface area contributed by atoms with Gasteiger partial charge in [-0.05, 0) is 37.5 Å². The van der Waals surface area contributed by atoms with Gasteiger partial charge in [0.25, 0.3) is 0 Å². The van der Waals surface area contributed by atoms with E-state index in [4.69, 9.17) is 5.11 Å². The van der Waals surface area contributed by atoms with E-state index in [2.05, 4.69) is 4.72 Å². The third-order valence-corrected chi connectivity index (χ3v) is 5.45. The number of hydrogen-bond acceptors (Lipinski definition) is 3. The number of aryl methyl sites for hydroxylation is 1. The Bertz CT molecular complexity index is 786. The molecule has 6 heteroatoms. The molecule has 2 rings (SSSR count). The summed E-state index contributed by atoms with van der Waals surface area (Å²) in [6.07, 6.45) is 1.78. The number of unbranched alkanes of at least 4 members (excludes halogenated alkanes) is 1. The number of carboxylic acids is 1. The lowest BCUT2D eigenvalue weighted by atomic mass is 10.0. The van der Waals surface area contributed by atoms with Crippen LogP contribution in [0.1, 0.15) is 42.9 Å². The van der Waals surface area contributed by atoms with Crippen LogP contribution in [0, 0.1) is 6.92 Å². The Labute approximate surface area is 148 Å². The number of hydrogen-bond donors (Lipinski definition) is 2. The quantitative estimate of drug-likeness (QED) is 0.668. The molecule has 0 radical (unpaired) electrons. The summed E-state index contributed by atoms with van der Waals surface area (Å²) in [7, 11) is -3.64. The molecule has 0 spiro atoms. The predicted octanol–water partition coefficient (Wildman–Crippen LogP) is 3.66. The molecule has 0 aliphatic rings. The smallest absolute Gasteiger partial charge is 0.303 e. The number of carboxylic acid groups (broad SMARTS) is 1. The number of nitrogens with one attached hydrogen (secondary N) is 1. The SMILES string of the molecule is Cc1ccc(S(=O)(=O)NC(CCCCC(=O)O)c2ccccc2)cc1. The van der Waals surface area contributed by atoms with E-state index >= 15 is 0 Å². The number of aliphatic carboxylic acids is 1. The van der Waals surface area contributed by atoms with E-state index < -0.39 is 16.0 Å². The molecule has 0 aliphatic carbocycles. The zero-order chi connectivity index (χ0) is 18.3. The minimum atomic E-state index is -3.64. The van der Waals surface area contributed by atoms with Gasteiger partial charge < -0.3 is 5.11 Å². The van der Waals surface area contributed by atoms with E-state index in [0.717, 1.165) is 11.1 Å². The number of carbonyl (C=O) groups is 1. The van der Waals surface area contributed by atoms with Crippen molar-refractivity contribution in [1.82, 2.24) is 4.72 Å². The van der Waals surface area contributed by atoms with Crippen molar-refractivity contribution in [1.29, 1.82) is 0 Å². The van der Waals surface area contributed by atoms with Crippen molar-refractivity contribution in [2.45, 2.75) is 43.5 Å². The lowest BCUT2D eigenvalue weighted by Gasteiger charge is -2.19. The van der Waals surface area contributed by atoms with Crippen LogP contribution in [0.25, 0.3) is 0 Å². The molecule has 0 saturated carbocycles. The molecular weight excluding hydrogens is 338 g/mol. The highest BCUT2D eigenvalue weighted by atomic mass is 32.2. The van der Waals surface area contributed by atoms with Crippen LogP contribution < -0.4 is 4.72 Å². The van der Waals surface area contributed by atoms with Crippen LogP contribution in [-0.4, -0.2) is 19.5 Å². The summed E-state index contributed by atoms with van der Waals surface area (Å²) in [5.41, 5.74) is 1.86. The van der Waals surface area contributed by atoms with Gasteiger partial charge in [-0.15, -0.1) is 0 Å². The highest BCUT2D eigenvalue weighted by Gasteiger charge is 2.21. The lowest BCUT2D eigenvalue weighted by Crippen LogP contribution is -2.28. The number of rotatable bonds is 9. The molecule has 0 bridgehead atoms. The van der Waals surface area contributed by atoms with Gasteiger partial charge in [0.05, 0.1) is 4.90 Å². The van der Waals surface area contributed by atoms with Gasteiger partial charge in [0.15, 0.2) is 0 Å². The molecule has 134 valence electrons.